The molecule has 21 heavy (non-hydrogen) atoms. The van der Waals surface area contributed by atoms with Gasteiger partial charge in [0.05, 0.1) is 6.61 Å². The molecule has 1 amide bonds. The Labute approximate surface area is 126 Å². The molecule has 0 radical (unpaired) electrons. The van der Waals surface area contributed by atoms with Gasteiger partial charge in [-0.05, 0) is 48.9 Å². The Hall–Kier alpha value is -1.79. The molecule has 0 aromatic heterocycles. The third-order valence-corrected chi connectivity index (χ3v) is 4.05. The highest BCUT2D eigenvalue weighted by molar-refractivity contribution is 5.94. The van der Waals surface area contributed by atoms with Crippen LogP contribution in [0.25, 0.3) is 0 Å². The first-order valence-electron chi connectivity index (χ1n) is 7.52. The van der Waals surface area contributed by atoms with Crippen molar-refractivity contribution in [3.05, 3.63) is 34.9 Å². The quantitative estimate of drug-likeness (QED) is 0.836. The van der Waals surface area contributed by atoms with Crippen LogP contribution < -0.4 is 5.32 Å². The summed E-state index contributed by atoms with van der Waals surface area (Å²) in [5.41, 5.74) is 2.78. The number of rotatable bonds is 4. The molecule has 1 aliphatic carbocycles. The second-order valence-electron chi connectivity index (χ2n) is 6.21. The van der Waals surface area contributed by atoms with Gasteiger partial charge in [0.2, 0.25) is 0 Å². The first-order valence-corrected chi connectivity index (χ1v) is 7.52. The normalized spacial score (nSPS) is 15.6. The number of aryl methyl sites for hydroxylation is 1. The SMILES string of the molecule is Cc1cc(C#CCCO)cc(C(=O)NCC2(C)CCC2)c1. The molecule has 1 aliphatic rings. The van der Waals surface area contributed by atoms with Crippen LogP contribution in [0, 0.1) is 24.2 Å². The van der Waals surface area contributed by atoms with Gasteiger partial charge in [-0.2, -0.15) is 0 Å². The molecule has 2 N–H and O–H groups in total. The average Bonchev–Trinajstić information content (AvgIpc) is 2.42. The highest BCUT2D eigenvalue weighted by Gasteiger charge is 2.31. The zero-order valence-electron chi connectivity index (χ0n) is 12.8. The number of amides is 1. The lowest BCUT2D eigenvalue weighted by Gasteiger charge is -2.38. The van der Waals surface area contributed by atoms with Crippen LogP contribution in [0.15, 0.2) is 18.2 Å². The van der Waals surface area contributed by atoms with Gasteiger partial charge in [-0.25, -0.2) is 0 Å². The van der Waals surface area contributed by atoms with Gasteiger partial charge in [-0.15, -0.1) is 0 Å². The van der Waals surface area contributed by atoms with E-state index in [9.17, 15) is 4.79 Å². The summed E-state index contributed by atoms with van der Waals surface area (Å²) in [6.07, 6.45) is 4.10. The number of hydrogen-bond acceptors (Lipinski definition) is 2. The van der Waals surface area contributed by atoms with Crippen LogP contribution in [0.5, 0.6) is 0 Å². The summed E-state index contributed by atoms with van der Waals surface area (Å²) >= 11 is 0. The van der Waals surface area contributed by atoms with Crippen molar-refractivity contribution in [1.29, 1.82) is 0 Å². The van der Waals surface area contributed by atoms with Crippen molar-refractivity contribution < 1.29 is 9.90 Å². The van der Waals surface area contributed by atoms with E-state index in [0.29, 0.717) is 12.0 Å². The predicted molar refractivity (Wildman–Crippen MR) is 84.1 cm³/mol. The molecule has 3 nitrogen and oxygen atoms in total. The molecule has 2 rings (SSSR count). The molecular weight excluding hydrogens is 262 g/mol. The summed E-state index contributed by atoms with van der Waals surface area (Å²) in [7, 11) is 0. The fourth-order valence-electron chi connectivity index (χ4n) is 2.56. The van der Waals surface area contributed by atoms with Gasteiger partial charge in [-0.1, -0.05) is 25.2 Å². The molecule has 0 saturated heterocycles. The van der Waals surface area contributed by atoms with E-state index in [1.165, 1.54) is 19.3 Å². The lowest BCUT2D eigenvalue weighted by atomic mass is 9.70. The largest absolute Gasteiger partial charge is 0.395 e. The lowest BCUT2D eigenvalue weighted by Crippen LogP contribution is -2.39. The fourth-order valence-corrected chi connectivity index (χ4v) is 2.56. The van der Waals surface area contributed by atoms with Crippen molar-refractivity contribution in [2.45, 2.75) is 39.5 Å². The molecule has 0 bridgehead atoms. The third kappa shape index (κ3) is 4.34. The van der Waals surface area contributed by atoms with Gasteiger partial charge >= 0.3 is 0 Å². The number of aliphatic hydroxyl groups excluding tert-OH is 1. The van der Waals surface area contributed by atoms with E-state index >= 15 is 0 Å². The monoisotopic (exact) mass is 285 g/mol. The predicted octanol–water partition coefficient (Wildman–Crippen LogP) is 2.65. The van der Waals surface area contributed by atoms with Crippen molar-refractivity contribution in [3.8, 4) is 11.8 Å². The van der Waals surface area contributed by atoms with Crippen LogP contribution in [-0.4, -0.2) is 24.2 Å². The maximum absolute atomic E-state index is 12.3. The number of carbonyl (C=O) groups excluding carboxylic acids is 1. The molecular formula is C18H23NO2. The van der Waals surface area contributed by atoms with E-state index in [1.54, 1.807) is 0 Å². The molecule has 1 fully saturated rings. The number of carbonyl (C=O) groups is 1. The number of hydrogen-bond donors (Lipinski definition) is 2. The van der Waals surface area contributed by atoms with E-state index in [-0.39, 0.29) is 17.9 Å². The van der Waals surface area contributed by atoms with E-state index < -0.39 is 0 Å². The van der Waals surface area contributed by atoms with Gasteiger partial charge in [-0.3, -0.25) is 4.79 Å². The highest BCUT2D eigenvalue weighted by atomic mass is 16.2. The smallest absolute Gasteiger partial charge is 0.251 e. The molecule has 0 heterocycles. The zero-order chi connectivity index (χ0) is 15.3. The molecule has 1 aromatic carbocycles. The Morgan fingerprint density at radius 3 is 2.76 bits per heavy atom. The summed E-state index contributed by atoms with van der Waals surface area (Å²) in [4.78, 5) is 12.3. The third-order valence-electron chi connectivity index (χ3n) is 4.05. The average molecular weight is 285 g/mol. The number of benzene rings is 1. The van der Waals surface area contributed by atoms with Crippen LogP contribution in [0.4, 0.5) is 0 Å². The first-order chi connectivity index (χ1) is 10.0. The van der Waals surface area contributed by atoms with Gasteiger partial charge < -0.3 is 10.4 Å². The molecule has 3 heteroatoms. The molecule has 0 aliphatic heterocycles. The van der Waals surface area contributed by atoms with Crippen molar-refractivity contribution in [2.75, 3.05) is 13.2 Å². The van der Waals surface area contributed by atoms with Crippen molar-refractivity contribution in [2.24, 2.45) is 5.41 Å². The lowest BCUT2D eigenvalue weighted by molar-refractivity contribution is 0.0890. The molecule has 0 unspecified atom stereocenters. The van der Waals surface area contributed by atoms with Gasteiger partial charge in [0.15, 0.2) is 0 Å². The standard InChI is InChI=1S/C18H23NO2/c1-14-10-15(6-3-4-9-20)12-16(11-14)17(21)19-13-18(2)7-5-8-18/h10-12,20H,4-5,7-9,13H2,1-2H3,(H,19,21). The van der Waals surface area contributed by atoms with Crippen LogP contribution in [0.2, 0.25) is 0 Å². The Kier molecular flexibility index (Phi) is 5.03. The summed E-state index contributed by atoms with van der Waals surface area (Å²) in [6.45, 7) is 4.98. The minimum Gasteiger partial charge on any atom is -0.395 e. The zero-order valence-corrected chi connectivity index (χ0v) is 12.8. The minimum absolute atomic E-state index is 0.0305. The Morgan fingerprint density at radius 1 is 1.38 bits per heavy atom. The highest BCUT2D eigenvalue weighted by Crippen LogP contribution is 2.39. The molecule has 112 valence electrons. The molecule has 0 spiro atoms. The summed E-state index contributed by atoms with van der Waals surface area (Å²) in [6, 6.07) is 5.65. The van der Waals surface area contributed by atoms with Crippen molar-refractivity contribution >= 4 is 5.91 Å². The van der Waals surface area contributed by atoms with E-state index in [1.807, 2.05) is 25.1 Å². The molecule has 0 atom stereocenters. The van der Waals surface area contributed by atoms with Crippen LogP contribution in [-0.2, 0) is 0 Å². The van der Waals surface area contributed by atoms with Crippen molar-refractivity contribution in [1.82, 2.24) is 5.32 Å². The number of nitrogens with one attached hydrogen (secondary N) is 1. The second-order valence-corrected chi connectivity index (χ2v) is 6.21. The van der Waals surface area contributed by atoms with Gasteiger partial charge in [0.25, 0.3) is 5.91 Å². The van der Waals surface area contributed by atoms with Crippen molar-refractivity contribution in [3.63, 3.8) is 0 Å². The van der Waals surface area contributed by atoms with Crippen LogP contribution in [0.3, 0.4) is 0 Å². The molecule has 1 saturated carbocycles. The van der Waals surface area contributed by atoms with Gasteiger partial charge in [0.1, 0.15) is 0 Å². The van der Waals surface area contributed by atoms with E-state index in [0.717, 1.165) is 17.7 Å². The Morgan fingerprint density at radius 2 is 2.14 bits per heavy atom. The summed E-state index contributed by atoms with van der Waals surface area (Å²) < 4.78 is 0. The number of aliphatic hydroxyl groups is 1. The van der Waals surface area contributed by atoms with Crippen LogP contribution in [0.1, 0.15) is 54.1 Å². The van der Waals surface area contributed by atoms with E-state index in [4.69, 9.17) is 5.11 Å². The Balaban J connectivity index is 2.04. The Bertz CT molecular complexity index is 577. The maximum Gasteiger partial charge on any atom is 0.251 e. The van der Waals surface area contributed by atoms with E-state index in [2.05, 4.69) is 24.1 Å². The second kappa shape index (κ2) is 6.78. The minimum atomic E-state index is -0.0305. The fraction of sp³-hybridized carbons (Fsp3) is 0.500. The van der Waals surface area contributed by atoms with Gasteiger partial charge in [0, 0.05) is 24.1 Å². The van der Waals surface area contributed by atoms with Crippen LogP contribution >= 0.6 is 0 Å². The topological polar surface area (TPSA) is 49.3 Å². The summed E-state index contributed by atoms with van der Waals surface area (Å²) in [5.74, 6) is 5.84. The first kappa shape index (κ1) is 15.6. The maximum atomic E-state index is 12.3. The molecule has 1 aromatic rings. The summed E-state index contributed by atoms with van der Waals surface area (Å²) in [5, 5.41) is 11.8.